The van der Waals surface area contributed by atoms with Crippen LogP contribution in [0.25, 0.3) is 22.4 Å². The van der Waals surface area contributed by atoms with Crippen molar-refractivity contribution in [1.82, 2.24) is 9.71 Å². The van der Waals surface area contributed by atoms with Crippen LogP contribution in [0, 0.1) is 11.7 Å². The molecular weight excluding hydrogens is 527 g/mol. The third kappa shape index (κ3) is 6.43. The van der Waals surface area contributed by atoms with Gasteiger partial charge in [0, 0.05) is 34.7 Å². The third-order valence-corrected chi connectivity index (χ3v) is 9.81. The van der Waals surface area contributed by atoms with Crippen LogP contribution in [0.15, 0.2) is 60.8 Å². The molecule has 0 radical (unpaired) electrons. The number of amides is 1. The number of halogens is 1. The smallest absolute Gasteiger partial charge is 0.224 e. The molecule has 1 aromatic heterocycles. The second kappa shape index (κ2) is 11.8. The number of nitrogens with one attached hydrogen (secondary N) is 2. The quantitative estimate of drug-likeness (QED) is 0.308. The van der Waals surface area contributed by atoms with Gasteiger partial charge in [-0.15, -0.1) is 0 Å². The summed E-state index contributed by atoms with van der Waals surface area (Å²) in [5.41, 5.74) is 10.3. The van der Waals surface area contributed by atoms with Crippen molar-refractivity contribution >= 4 is 21.6 Å². The van der Waals surface area contributed by atoms with E-state index in [1.165, 1.54) is 6.07 Å². The lowest BCUT2D eigenvalue weighted by Gasteiger charge is -2.38. The van der Waals surface area contributed by atoms with Crippen LogP contribution in [0.1, 0.15) is 63.9 Å². The number of sulfonamides is 1. The number of rotatable bonds is 9. The minimum Gasteiger partial charge on any atom is -0.325 e. The fraction of sp³-hybridized carbons (Fsp3) is 0.419. The summed E-state index contributed by atoms with van der Waals surface area (Å²) in [6, 6.07) is 16.3. The minimum atomic E-state index is -3.23. The van der Waals surface area contributed by atoms with Gasteiger partial charge in [-0.3, -0.25) is 9.78 Å². The maximum atomic E-state index is 14.9. The zero-order chi connectivity index (χ0) is 28.3. The molecule has 0 aliphatic heterocycles. The highest BCUT2D eigenvalue weighted by Gasteiger charge is 2.34. The van der Waals surface area contributed by atoms with Crippen molar-refractivity contribution in [2.75, 3.05) is 11.1 Å². The van der Waals surface area contributed by atoms with Crippen molar-refractivity contribution < 1.29 is 17.6 Å². The number of hydrogen-bond donors (Lipinski definition) is 3. The van der Waals surface area contributed by atoms with Gasteiger partial charge >= 0.3 is 0 Å². The second-order valence-corrected chi connectivity index (χ2v) is 13.2. The Balaban J connectivity index is 1.31. The van der Waals surface area contributed by atoms with Crippen molar-refractivity contribution in [2.45, 2.75) is 69.9 Å². The van der Waals surface area contributed by atoms with E-state index in [-0.39, 0.29) is 35.0 Å². The molecule has 2 aliphatic carbocycles. The molecule has 1 heterocycles. The fourth-order valence-electron chi connectivity index (χ4n) is 5.75. The van der Waals surface area contributed by atoms with Gasteiger partial charge in [0.05, 0.1) is 23.3 Å². The van der Waals surface area contributed by atoms with Crippen LogP contribution in [-0.2, 0) is 20.4 Å². The molecule has 2 aliphatic rings. The third-order valence-electron chi connectivity index (χ3n) is 8.36. The van der Waals surface area contributed by atoms with Gasteiger partial charge < -0.3 is 11.1 Å². The summed E-state index contributed by atoms with van der Waals surface area (Å²) < 4.78 is 41.4. The van der Waals surface area contributed by atoms with Gasteiger partial charge in [0.25, 0.3) is 0 Å². The lowest BCUT2D eigenvalue weighted by atomic mass is 9.72. The number of nitrogens with two attached hydrogens (primary N) is 1. The van der Waals surface area contributed by atoms with Crippen LogP contribution < -0.4 is 15.8 Å². The Morgan fingerprint density at radius 1 is 1.05 bits per heavy atom. The van der Waals surface area contributed by atoms with Gasteiger partial charge in [0.15, 0.2) is 0 Å². The number of pyridine rings is 1. The Hall–Kier alpha value is -3.14. The first-order valence-electron chi connectivity index (χ1n) is 14.1. The monoisotopic (exact) mass is 564 g/mol. The molecule has 2 aromatic carbocycles. The fourth-order valence-corrected chi connectivity index (χ4v) is 6.66. The molecule has 0 saturated heterocycles. The number of anilines is 1. The zero-order valence-electron chi connectivity index (χ0n) is 22.8. The highest BCUT2D eigenvalue weighted by atomic mass is 32.2. The summed E-state index contributed by atoms with van der Waals surface area (Å²) in [6.07, 6.45) is 8.02. The Morgan fingerprint density at radius 2 is 1.75 bits per heavy atom. The molecule has 3 aromatic rings. The van der Waals surface area contributed by atoms with Crippen molar-refractivity contribution in [1.29, 1.82) is 0 Å². The standard InChI is InChI=1S/C31H37FN4O3S/c1-2-40(38,39)36-24-14-8-21(9-15-24)18-29(37)35-25-19-27(26-6-3-4-7-28(26)32)30(34-20-25)22-10-12-23(13-11-22)31(33)16-5-17-31/h3-4,6-7,10-13,19-21,24,36H,2,5,8-9,14-18,33H2,1H3,(H,35,37)/t21-,24-. The van der Waals surface area contributed by atoms with E-state index in [0.29, 0.717) is 28.9 Å². The number of nitrogens with zero attached hydrogens (tertiary/aromatic N) is 1. The molecule has 9 heteroatoms. The molecule has 2 fully saturated rings. The average Bonchev–Trinajstić information content (AvgIpc) is 2.93. The number of aromatic nitrogens is 1. The van der Waals surface area contributed by atoms with Crippen molar-refractivity contribution in [3.63, 3.8) is 0 Å². The molecule has 0 spiro atoms. The average molecular weight is 565 g/mol. The second-order valence-electron chi connectivity index (χ2n) is 11.2. The molecule has 4 N–H and O–H groups in total. The predicted molar refractivity (Wildman–Crippen MR) is 156 cm³/mol. The first-order valence-corrected chi connectivity index (χ1v) is 15.8. The molecule has 7 nitrogen and oxygen atoms in total. The van der Waals surface area contributed by atoms with Crippen molar-refractivity contribution in [3.8, 4) is 22.4 Å². The van der Waals surface area contributed by atoms with Gasteiger partial charge in [-0.25, -0.2) is 17.5 Å². The normalized spacial score (nSPS) is 20.5. The molecule has 40 heavy (non-hydrogen) atoms. The minimum absolute atomic E-state index is 0.0662. The molecule has 0 atom stereocenters. The van der Waals surface area contributed by atoms with Crippen LogP contribution in [0.4, 0.5) is 10.1 Å². The van der Waals surface area contributed by atoms with E-state index in [1.807, 2.05) is 24.3 Å². The number of carbonyl (C=O) groups excluding carboxylic acids is 1. The predicted octanol–water partition coefficient (Wildman–Crippen LogP) is 5.72. The number of carbonyl (C=O) groups is 1. The molecule has 5 rings (SSSR count). The van der Waals surface area contributed by atoms with E-state index in [9.17, 15) is 17.6 Å². The Morgan fingerprint density at radius 3 is 2.38 bits per heavy atom. The van der Waals surface area contributed by atoms with E-state index in [1.54, 1.807) is 37.4 Å². The zero-order valence-corrected chi connectivity index (χ0v) is 23.6. The lowest BCUT2D eigenvalue weighted by molar-refractivity contribution is -0.117. The van der Waals surface area contributed by atoms with E-state index >= 15 is 0 Å². The molecule has 2 saturated carbocycles. The molecule has 1 amide bonds. The van der Waals surface area contributed by atoms with Gasteiger partial charge in [0.1, 0.15) is 5.82 Å². The summed E-state index contributed by atoms with van der Waals surface area (Å²) in [5.74, 6) is -0.252. The van der Waals surface area contributed by atoms with Crippen molar-refractivity contribution in [2.24, 2.45) is 11.7 Å². The van der Waals surface area contributed by atoms with Crippen molar-refractivity contribution in [3.05, 3.63) is 72.2 Å². The van der Waals surface area contributed by atoms with Gasteiger partial charge in [-0.1, -0.05) is 42.5 Å². The number of benzene rings is 2. The Kier molecular flexibility index (Phi) is 8.35. The summed E-state index contributed by atoms with van der Waals surface area (Å²) in [7, 11) is -3.23. The van der Waals surface area contributed by atoms with E-state index < -0.39 is 10.0 Å². The van der Waals surface area contributed by atoms with Gasteiger partial charge in [-0.2, -0.15) is 0 Å². The van der Waals surface area contributed by atoms with E-state index in [0.717, 1.165) is 56.1 Å². The highest BCUT2D eigenvalue weighted by molar-refractivity contribution is 7.89. The van der Waals surface area contributed by atoms with Gasteiger partial charge in [0.2, 0.25) is 15.9 Å². The summed E-state index contributed by atoms with van der Waals surface area (Å²) >= 11 is 0. The highest BCUT2D eigenvalue weighted by Crippen LogP contribution is 2.40. The lowest BCUT2D eigenvalue weighted by Crippen LogP contribution is -2.43. The Labute approximate surface area is 235 Å². The number of hydrogen-bond acceptors (Lipinski definition) is 5. The summed E-state index contributed by atoms with van der Waals surface area (Å²) in [5, 5.41) is 2.95. The Bertz CT molecular complexity index is 1460. The first-order chi connectivity index (χ1) is 19.2. The maximum absolute atomic E-state index is 14.9. The van der Waals surface area contributed by atoms with Crippen LogP contribution in [0.5, 0.6) is 0 Å². The van der Waals surface area contributed by atoms with Crippen LogP contribution in [0.3, 0.4) is 0 Å². The first kappa shape index (κ1) is 28.4. The molecule has 0 bridgehead atoms. The SMILES string of the molecule is CCS(=O)(=O)N[C@H]1CC[C@H](CC(=O)Nc2cnc(-c3ccc(C4(N)CCC4)cc3)c(-c3ccccc3F)c2)CC1. The topological polar surface area (TPSA) is 114 Å². The van der Waals surface area contributed by atoms with Crippen LogP contribution >= 0.6 is 0 Å². The molecule has 212 valence electrons. The summed E-state index contributed by atoms with van der Waals surface area (Å²) in [4.78, 5) is 17.6. The molecular formula is C31H37FN4O3S. The van der Waals surface area contributed by atoms with Crippen LogP contribution in [-0.4, -0.2) is 31.1 Å². The largest absolute Gasteiger partial charge is 0.325 e. The van der Waals surface area contributed by atoms with Crippen LogP contribution in [0.2, 0.25) is 0 Å². The maximum Gasteiger partial charge on any atom is 0.224 e. The summed E-state index contributed by atoms with van der Waals surface area (Å²) in [6.45, 7) is 1.62. The van der Waals surface area contributed by atoms with Gasteiger partial charge in [-0.05, 0) is 75.5 Å². The van der Waals surface area contributed by atoms with E-state index in [4.69, 9.17) is 5.73 Å². The molecule has 0 unspecified atom stereocenters. The van der Waals surface area contributed by atoms with E-state index in [2.05, 4.69) is 15.0 Å².